The van der Waals surface area contributed by atoms with E-state index in [-0.39, 0.29) is 31.7 Å². The van der Waals surface area contributed by atoms with Crippen LogP contribution in [0.2, 0.25) is 31.7 Å². The zero-order valence-electron chi connectivity index (χ0n) is 22.8. The topological polar surface area (TPSA) is 77.3 Å². The molecule has 2 amide bonds. The summed E-state index contributed by atoms with van der Waals surface area (Å²) in [6, 6.07) is 0. The molecular weight excluding hydrogens is 424 g/mol. The van der Waals surface area contributed by atoms with Gasteiger partial charge in [-0.15, -0.1) is 0 Å². The van der Waals surface area contributed by atoms with E-state index < -0.39 is 28.8 Å². The molecule has 182 valence electrons. The average Bonchev–Trinajstić information content (AvgIpc) is 2.50. The number of amides is 2. The van der Waals surface area contributed by atoms with Crippen LogP contribution >= 0.6 is 0 Å². The summed E-state index contributed by atoms with van der Waals surface area (Å²) in [5.74, 6) is 0. The van der Waals surface area contributed by atoms with E-state index in [1.165, 1.54) is 0 Å². The highest BCUT2D eigenvalue weighted by Crippen LogP contribution is 2.62. The molecule has 0 aromatic carbocycles. The van der Waals surface area contributed by atoms with E-state index >= 15 is 0 Å². The van der Waals surface area contributed by atoms with Crippen LogP contribution in [0, 0.1) is 0 Å². The second kappa shape index (κ2) is 9.85. The van der Waals surface area contributed by atoms with Crippen LogP contribution in [0.1, 0.15) is 104 Å². The molecule has 0 aromatic rings. The first-order valence-corrected chi connectivity index (χ1v) is 15.5. The normalized spacial score (nSPS) is 14.6. The van der Waals surface area contributed by atoms with E-state index in [1.807, 2.05) is 0 Å². The molecule has 0 heterocycles. The van der Waals surface area contributed by atoms with Crippen molar-refractivity contribution in [2.75, 3.05) is 0 Å². The third kappa shape index (κ3) is 6.06. The van der Waals surface area contributed by atoms with Crippen molar-refractivity contribution in [1.29, 1.82) is 0 Å². The monoisotopic (exact) mass is 472 g/mol. The SMILES string of the molecule is CC(C)[Si](OC(=O)/N=N/C(=O)O[Si](C(C)(C)C)(C(C)(C)C)C(C)(C)C)(C(C)C)C(C)C. The number of carbonyl (C=O) groups is 2. The maximum Gasteiger partial charge on any atom is 0.439 e. The second-order valence-electron chi connectivity index (χ2n) is 12.7. The Morgan fingerprint density at radius 1 is 0.581 bits per heavy atom. The Bertz CT molecular complexity index is 609. The first-order chi connectivity index (χ1) is 13.6. The summed E-state index contributed by atoms with van der Waals surface area (Å²) in [7, 11) is -5.23. The Morgan fingerprint density at radius 2 is 0.839 bits per heavy atom. The number of nitrogens with zero attached hydrogens (tertiary/aromatic N) is 2. The van der Waals surface area contributed by atoms with Crippen LogP contribution in [0.15, 0.2) is 10.2 Å². The summed E-state index contributed by atoms with van der Waals surface area (Å²) in [4.78, 5) is 25.4. The fraction of sp³-hybridized carbons (Fsp3) is 0.913. The Kier molecular flexibility index (Phi) is 9.53. The molecule has 0 aromatic heterocycles. The standard InChI is InChI=1S/C23H48N2O4Si2/c1-16(2)30(17(3)4,18(5)6)28-19(26)24-25-20(27)29-31(21(7,8)9,22(10,11)12)23(13,14)15/h16-18H,1-15H3/b25-24+. The van der Waals surface area contributed by atoms with Crippen LogP contribution < -0.4 is 0 Å². The second-order valence-corrected chi connectivity index (χ2v) is 24.1. The number of rotatable bonds is 5. The molecule has 0 bridgehead atoms. The predicted molar refractivity (Wildman–Crippen MR) is 134 cm³/mol. The average molecular weight is 473 g/mol. The minimum absolute atomic E-state index is 0.223. The van der Waals surface area contributed by atoms with Crippen molar-refractivity contribution >= 4 is 28.8 Å². The molecule has 0 spiro atoms. The summed E-state index contributed by atoms with van der Waals surface area (Å²) < 4.78 is 12.1. The van der Waals surface area contributed by atoms with Gasteiger partial charge < -0.3 is 8.85 Å². The highest BCUT2D eigenvalue weighted by Gasteiger charge is 2.64. The molecule has 0 radical (unpaired) electrons. The van der Waals surface area contributed by atoms with E-state index in [0.717, 1.165) is 0 Å². The molecule has 31 heavy (non-hydrogen) atoms. The first kappa shape index (κ1) is 30.0. The Labute approximate surface area is 193 Å². The van der Waals surface area contributed by atoms with Gasteiger partial charge in [0, 0.05) is 0 Å². The lowest BCUT2D eigenvalue weighted by Gasteiger charge is -2.56. The van der Waals surface area contributed by atoms with Crippen molar-refractivity contribution in [1.82, 2.24) is 0 Å². The molecule has 0 unspecified atom stereocenters. The molecule has 0 fully saturated rings. The van der Waals surface area contributed by atoms with Crippen molar-refractivity contribution in [3.05, 3.63) is 0 Å². The fourth-order valence-electron chi connectivity index (χ4n) is 6.59. The molecule has 0 atom stereocenters. The van der Waals surface area contributed by atoms with Gasteiger partial charge in [-0.1, -0.05) is 114 Å². The van der Waals surface area contributed by atoms with Crippen LogP contribution in [0.3, 0.4) is 0 Å². The Morgan fingerprint density at radius 3 is 1.06 bits per heavy atom. The summed E-state index contributed by atoms with van der Waals surface area (Å²) in [6.45, 7) is 31.5. The van der Waals surface area contributed by atoms with Crippen LogP contribution in [0.25, 0.3) is 0 Å². The quantitative estimate of drug-likeness (QED) is 0.295. The van der Waals surface area contributed by atoms with E-state index in [0.29, 0.717) is 0 Å². The summed E-state index contributed by atoms with van der Waals surface area (Å²) in [6.07, 6.45) is -1.61. The molecule has 6 nitrogen and oxygen atoms in total. The predicted octanol–water partition coefficient (Wildman–Crippen LogP) is 9.23. The fourth-order valence-corrected chi connectivity index (χ4v) is 19.6. The smallest absolute Gasteiger partial charge is 0.439 e. The van der Waals surface area contributed by atoms with Gasteiger partial charge in [0.2, 0.25) is 0 Å². The zero-order valence-corrected chi connectivity index (χ0v) is 24.8. The van der Waals surface area contributed by atoms with Gasteiger partial charge in [0.05, 0.1) is 0 Å². The molecule has 0 N–H and O–H groups in total. The van der Waals surface area contributed by atoms with Crippen LogP contribution in [-0.2, 0) is 8.85 Å². The molecule has 0 aliphatic rings. The lowest BCUT2D eigenvalue weighted by atomic mass is 10.2. The minimum atomic E-state index is -2.78. The zero-order chi connectivity index (χ0) is 25.2. The third-order valence-electron chi connectivity index (χ3n) is 6.59. The molecule has 0 aliphatic heterocycles. The number of hydrogen-bond donors (Lipinski definition) is 0. The van der Waals surface area contributed by atoms with Gasteiger partial charge in [0.1, 0.15) is 0 Å². The van der Waals surface area contributed by atoms with Crippen molar-refractivity contribution in [3.8, 4) is 0 Å². The number of carbonyl (C=O) groups excluding carboxylic acids is 2. The molecule has 8 heteroatoms. The maximum atomic E-state index is 12.8. The summed E-state index contributed by atoms with van der Waals surface area (Å²) in [5.41, 5.74) is 0.670. The summed E-state index contributed by atoms with van der Waals surface area (Å²) >= 11 is 0. The Balaban J connectivity index is 5.93. The van der Waals surface area contributed by atoms with E-state index in [2.05, 4.69) is 114 Å². The van der Waals surface area contributed by atoms with Crippen LogP contribution in [-0.4, -0.2) is 28.8 Å². The van der Waals surface area contributed by atoms with Crippen LogP contribution in [0.5, 0.6) is 0 Å². The lowest BCUT2D eigenvalue weighted by Crippen LogP contribution is -2.61. The molecule has 0 saturated carbocycles. The minimum Gasteiger partial charge on any atom is -0.500 e. The largest absolute Gasteiger partial charge is 0.500 e. The van der Waals surface area contributed by atoms with Gasteiger partial charge in [-0.3, -0.25) is 0 Å². The summed E-state index contributed by atoms with van der Waals surface area (Å²) in [5, 5.41) is 6.55. The molecule has 0 aliphatic carbocycles. The van der Waals surface area contributed by atoms with Gasteiger partial charge >= 0.3 is 12.2 Å². The van der Waals surface area contributed by atoms with Crippen molar-refractivity contribution in [2.24, 2.45) is 10.2 Å². The van der Waals surface area contributed by atoms with Crippen molar-refractivity contribution in [3.63, 3.8) is 0 Å². The first-order valence-electron chi connectivity index (χ1n) is 11.5. The van der Waals surface area contributed by atoms with E-state index in [4.69, 9.17) is 8.85 Å². The van der Waals surface area contributed by atoms with Gasteiger partial charge in [0.25, 0.3) is 16.6 Å². The molecule has 0 rings (SSSR count). The third-order valence-corrected chi connectivity index (χ3v) is 19.4. The molecule has 0 saturated heterocycles. The molecular formula is C23H48N2O4Si2. The number of azo groups is 1. The maximum absolute atomic E-state index is 12.8. The van der Waals surface area contributed by atoms with Crippen LogP contribution in [0.4, 0.5) is 9.59 Å². The number of hydrogen-bond acceptors (Lipinski definition) is 4. The van der Waals surface area contributed by atoms with E-state index in [9.17, 15) is 9.59 Å². The highest BCUT2D eigenvalue weighted by molar-refractivity contribution is 6.83. The van der Waals surface area contributed by atoms with Crippen molar-refractivity contribution in [2.45, 2.75) is 136 Å². The van der Waals surface area contributed by atoms with E-state index in [1.54, 1.807) is 0 Å². The highest BCUT2D eigenvalue weighted by atomic mass is 28.4. The Hall–Kier alpha value is -1.03. The van der Waals surface area contributed by atoms with Crippen molar-refractivity contribution < 1.29 is 18.4 Å². The van der Waals surface area contributed by atoms with Gasteiger partial charge in [-0.05, 0) is 31.7 Å². The van der Waals surface area contributed by atoms with Gasteiger partial charge in [0.15, 0.2) is 0 Å². The lowest BCUT2D eigenvalue weighted by molar-refractivity contribution is 0.188. The van der Waals surface area contributed by atoms with Gasteiger partial charge in [-0.2, -0.15) is 0 Å². The van der Waals surface area contributed by atoms with Gasteiger partial charge in [-0.25, -0.2) is 9.59 Å².